The third-order valence-corrected chi connectivity index (χ3v) is 4.76. The van der Waals surface area contributed by atoms with E-state index in [0.29, 0.717) is 5.41 Å². The monoisotopic (exact) mass is 214 g/mol. The van der Waals surface area contributed by atoms with Gasteiger partial charge >= 0.3 is 0 Å². The van der Waals surface area contributed by atoms with Crippen LogP contribution < -0.4 is 0 Å². The van der Waals surface area contributed by atoms with E-state index in [1.165, 1.54) is 51.4 Å². The van der Waals surface area contributed by atoms with Crippen LogP contribution in [0.3, 0.4) is 0 Å². The molecule has 1 saturated carbocycles. The van der Waals surface area contributed by atoms with Crippen LogP contribution in [-0.4, -0.2) is 0 Å². The van der Waals surface area contributed by atoms with Crippen molar-refractivity contribution in [2.45, 2.75) is 63.7 Å². The van der Waals surface area contributed by atoms with Gasteiger partial charge in [-0.05, 0) is 60.6 Å². The number of aryl methyl sites for hydroxylation is 1. The van der Waals surface area contributed by atoms with Gasteiger partial charge in [0.1, 0.15) is 0 Å². The summed E-state index contributed by atoms with van der Waals surface area (Å²) in [7, 11) is 0. The normalized spacial score (nSPS) is 21.6. The summed E-state index contributed by atoms with van der Waals surface area (Å²) in [5.74, 6) is 0. The van der Waals surface area contributed by atoms with Crippen LogP contribution in [0.2, 0.25) is 0 Å². The molecule has 0 radical (unpaired) electrons. The van der Waals surface area contributed by atoms with Crippen LogP contribution in [-0.2, 0) is 18.3 Å². The molecular formula is C16H22. The molecule has 2 aliphatic rings. The van der Waals surface area contributed by atoms with Gasteiger partial charge in [0.05, 0.1) is 0 Å². The molecule has 1 aromatic rings. The topological polar surface area (TPSA) is 0 Å². The van der Waals surface area contributed by atoms with Gasteiger partial charge in [-0.15, -0.1) is 0 Å². The highest BCUT2D eigenvalue weighted by Gasteiger charge is 2.41. The fourth-order valence-corrected chi connectivity index (χ4v) is 3.79. The molecule has 0 aliphatic heterocycles. The van der Waals surface area contributed by atoms with E-state index < -0.39 is 0 Å². The highest BCUT2D eigenvalue weighted by molar-refractivity contribution is 5.43. The summed E-state index contributed by atoms with van der Waals surface area (Å²) in [6.07, 6.45) is 11.1. The molecule has 1 fully saturated rings. The maximum atomic E-state index is 2.42. The quantitative estimate of drug-likeness (QED) is 0.684. The number of fused-ring (bicyclic) bond motifs is 2. The van der Waals surface area contributed by atoms with Gasteiger partial charge in [-0.1, -0.05) is 38.0 Å². The van der Waals surface area contributed by atoms with Crippen molar-refractivity contribution < 1.29 is 0 Å². The molecule has 16 heavy (non-hydrogen) atoms. The Kier molecular flexibility index (Phi) is 2.53. The first-order valence-corrected chi connectivity index (χ1v) is 6.97. The van der Waals surface area contributed by atoms with Gasteiger partial charge in [-0.2, -0.15) is 0 Å². The van der Waals surface area contributed by atoms with Crippen LogP contribution in [0.5, 0.6) is 0 Å². The number of hydrogen-bond donors (Lipinski definition) is 0. The number of benzene rings is 1. The fourth-order valence-electron chi connectivity index (χ4n) is 3.79. The van der Waals surface area contributed by atoms with Crippen LogP contribution >= 0.6 is 0 Å². The van der Waals surface area contributed by atoms with Gasteiger partial charge in [0.15, 0.2) is 0 Å². The van der Waals surface area contributed by atoms with E-state index in [4.69, 9.17) is 0 Å². The molecule has 0 saturated heterocycles. The Balaban J connectivity index is 2.04. The van der Waals surface area contributed by atoms with E-state index in [2.05, 4.69) is 25.1 Å². The van der Waals surface area contributed by atoms with Crippen molar-refractivity contribution in [3.05, 3.63) is 34.9 Å². The van der Waals surface area contributed by atoms with E-state index in [1.807, 2.05) is 0 Å². The van der Waals surface area contributed by atoms with Crippen molar-refractivity contribution in [1.29, 1.82) is 0 Å². The summed E-state index contributed by atoms with van der Waals surface area (Å²) in [4.78, 5) is 0. The van der Waals surface area contributed by atoms with Gasteiger partial charge in [0.25, 0.3) is 0 Å². The highest BCUT2D eigenvalue weighted by Crippen LogP contribution is 2.51. The average molecular weight is 214 g/mol. The summed E-state index contributed by atoms with van der Waals surface area (Å²) in [6.45, 7) is 2.29. The van der Waals surface area contributed by atoms with Crippen LogP contribution in [0, 0.1) is 0 Å². The second kappa shape index (κ2) is 3.91. The lowest BCUT2D eigenvalue weighted by molar-refractivity contribution is 0.208. The molecule has 0 atom stereocenters. The summed E-state index contributed by atoms with van der Waals surface area (Å²) < 4.78 is 0. The van der Waals surface area contributed by atoms with E-state index in [0.717, 1.165) is 0 Å². The fraction of sp³-hybridized carbons (Fsp3) is 0.625. The van der Waals surface area contributed by atoms with Gasteiger partial charge in [-0.25, -0.2) is 0 Å². The summed E-state index contributed by atoms with van der Waals surface area (Å²) in [6, 6.07) is 7.09. The molecule has 86 valence electrons. The lowest BCUT2D eigenvalue weighted by Crippen LogP contribution is -2.37. The van der Waals surface area contributed by atoms with Gasteiger partial charge in [-0.3, -0.25) is 0 Å². The van der Waals surface area contributed by atoms with Crippen molar-refractivity contribution >= 4 is 0 Å². The molecule has 0 amide bonds. The smallest absolute Gasteiger partial charge is 0.00440 e. The van der Waals surface area contributed by atoms with Gasteiger partial charge in [0.2, 0.25) is 0 Å². The second-order valence-corrected chi connectivity index (χ2v) is 5.68. The summed E-state index contributed by atoms with van der Waals surface area (Å²) >= 11 is 0. The molecule has 0 bridgehead atoms. The van der Waals surface area contributed by atoms with E-state index in [1.54, 1.807) is 16.7 Å². The van der Waals surface area contributed by atoms with Crippen molar-refractivity contribution in [3.8, 4) is 0 Å². The molecule has 1 aromatic carbocycles. The Hall–Kier alpha value is -0.780. The maximum absolute atomic E-state index is 2.42. The predicted octanol–water partition coefficient (Wildman–Crippen LogP) is 4.40. The van der Waals surface area contributed by atoms with E-state index in [-0.39, 0.29) is 0 Å². The maximum Gasteiger partial charge on any atom is -0.00440 e. The van der Waals surface area contributed by atoms with E-state index >= 15 is 0 Å². The van der Waals surface area contributed by atoms with Gasteiger partial charge in [0, 0.05) is 0 Å². The first-order chi connectivity index (χ1) is 7.86. The van der Waals surface area contributed by atoms with Crippen LogP contribution in [0.1, 0.15) is 62.1 Å². The minimum Gasteiger partial charge on any atom is -0.0651 e. The molecule has 0 heteroatoms. The van der Waals surface area contributed by atoms with Gasteiger partial charge < -0.3 is 0 Å². The van der Waals surface area contributed by atoms with E-state index in [9.17, 15) is 0 Å². The molecule has 0 aromatic heterocycles. The minimum absolute atomic E-state index is 0.622. The van der Waals surface area contributed by atoms with Crippen LogP contribution in [0.4, 0.5) is 0 Å². The van der Waals surface area contributed by atoms with Crippen molar-refractivity contribution in [2.75, 3.05) is 0 Å². The molecule has 0 unspecified atom stereocenters. The standard InChI is InChI=1S/C16H22/c1-2-6-13-7-3-9-15-14(13)8-4-10-16(15)11-5-12-16/h3,7,9H,2,4-6,8,10-12H2,1H3. The zero-order valence-corrected chi connectivity index (χ0v) is 10.4. The Labute approximate surface area is 99.1 Å². The highest BCUT2D eigenvalue weighted by atomic mass is 14.5. The second-order valence-electron chi connectivity index (χ2n) is 5.68. The van der Waals surface area contributed by atoms with Crippen molar-refractivity contribution in [2.24, 2.45) is 0 Å². The molecular weight excluding hydrogens is 192 g/mol. The van der Waals surface area contributed by atoms with Crippen LogP contribution in [0.25, 0.3) is 0 Å². The molecule has 2 aliphatic carbocycles. The average Bonchev–Trinajstić information content (AvgIpc) is 2.27. The Bertz CT molecular complexity index is 385. The summed E-state index contributed by atoms with van der Waals surface area (Å²) in [5.41, 5.74) is 5.73. The Morgan fingerprint density at radius 3 is 2.62 bits per heavy atom. The third-order valence-electron chi connectivity index (χ3n) is 4.76. The summed E-state index contributed by atoms with van der Waals surface area (Å²) in [5, 5.41) is 0. The molecule has 1 spiro atoms. The molecule has 0 heterocycles. The first kappa shape index (κ1) is 10.4. The molecule has 3 rings (SSSR count). The Morgan fingerprint density at radius 2 is 1.94 bits per heavy atom. The predicted molar refractivity (Wildman–Crippen MR) is 68.9 cm³/mol. The first-order valence-electron chi connectivity index (χ1n) is 6.97. The number of hydrogen-bond acceptors (Lipinski definition) is 0. The van der Waals surface area contributed by atoms with Crippen molar-refractivity contribution in [1.82, 2.24) is 0 Å². The Morgan fingerprint density at radius 1 is 1.12 bits per heavy atom. The number of rotatable bonds is 2. The third kappa shape index (κ3) is 1.43. The van der Waals surface area contributed by atoms with Crippen LogP contribution in [0.15, 0.2) is 18.2 Å². The molecule has 0 nitrogen and oxygen atoms in total. The zero-order chi connectivity index (χ0) is 11.0. The lowest BCUT2D eigenvalue weighted by Gasteiger charge is -2.47. The molecule has 0 N–H and O–H groups in total. The largest absolute Gasteiger partial charge is 0.0651 e. The lowest BCUT2D eigenvalue weighted by atomic mass is 9.58. The SMILES string of the molecule is CCCc1cccc2c1CCCC21CCC1. The van der Waals surface area contributed by atoms with Crippen molar-refractivity contribution in [3.63, 3.8) is 0 Å². The minimum atomic E-state index is 0.622. The zero-order valence-electron chi connectivity index (χ0n) is 10.4.